The molecule has 194 valence electrons. The molecule has 0 spiro atoms. The number of nitrogens with zero attached hydrogens (tertiary/aromatic N) is 5. The van der Waals surface area contributed by atoms with Crippen molar-refractivity contribution >= 4 is 10.9 Å². The van der Waals surface area contributed by atoms with E-state index in [9.17, 15) is 4.79 Å². The van der Waals surface area contributed by atoms with Crippen molar-refractivity contribution < 1.29 is 0 Å². The van der Waals surface area contributed by atoms with Gasteiger partial charge < -0.3 is 4.98 Å². The van der Waals surface area contributed by atoms with E-state index in [-0.39, 0.29) is 11.6 Å². The average Bonchev–Trinajstić information content (AvgIpc) is 3.40. The van der Waals surface area contributed by atoms with Crippen molar-refractivity contribution in [1.82, 2.24) is 30.1 Å². The summed E-state index contributed by atoms with van der Waals surface area (Å²) in [4.78, 5) is 18.6. The van der Waals surface area contributed by atoms with Crippen LogP contribution in [0, 0.1) is 6.92 Å². The van der Waals surface area contributed by atoms with Gasteiger partial charge in [0.15, 0.2) is 5.82 Å². The third-order valence-corrected chi connectivity index (χ3v) is 7.12. The van der Waals surface area contributed by atoms with Crippen LogP contribution in [0.1, 0.15) is 47.5 Å². The predicted molar refractivity (Wildman–Crippen MR) is 151 cm³/mol. The summed E-state index contributed by atoms with van der Waals surface area (Å²) >= 11 is 0. The maximum absolute atomic E-state index is 13.2. The molecule has 0 unspecified atom stereocenters. The highest BCUT2D eigenvalue weighted by atomic mass is 16.1. The number of rotatable bonds is 11. The Hall–Kier alpha value is -4.10. The normalized spacial score (nSPS) is 12.3. The second-order valence-electron chi connectivity index (χ2n) is 9.84. The van der Waals surface area contributed by atoms with Gasteiger partial charge in [0.25, 0.3) is 5.56 Å². The molecule has 7 heteroatoms. The molecule has 0 radical (unpaired) electrons. The summed E-state index contributed by atoms with van der Waals surface area (Å²) in [6.45, 7) is 6.18. The van der Waals surface area contributed by atoms with Gasteiger partial charge in [-0.2, -0.15) is 0 Å². The van der Waals surface area contributed by atoms with Crippen molar-refractivity contribution in [3.63, 3.8) is 0 Å². The molecule has 3 aromatic carbocycles. The highest BCUT2D eigenvalue weighted by Crippen LogP contribution is 2.25. The Labute approximate surface area is 223 Å². The van der Waals surface area contributed by atoms with Crippen molar-refractivity contribution in [3.05, 3.63) is 123 Å². The lowest BCUT2D eigenvalue weighted by Crippen LogP contribution is -2.34. The van der Waals surface area contributed by atoms with Crippen LogP contribution in [0.15, 0.2) is 89.7 Å². The molecule has 5 rings (SSSR count). The lowest BCUT2D eigenvalue weighted by Gasteiger charge is -2.30. The molecule has 0 saturated heterocycles. The zero-order valence-electron chi connectivity index (χ0n) is 22.0. The monoisotopic (exact) mass is 506 g/mol. The van der Waals surface area contributed by atoms with E-state index in [1.54, 1.807) is 0 Å². The standard InChI is InChI=1S/C31H34N6O/c1-3-29(30-33-34-35-37(30)19-17-25-12-8-5-9-13-25)36(18-16-24-10-6-4-7-11-24)22-27-21-26-15-14-23(2)20-28(26)32-31(27)38/h4-15,20-21,29H,3,16-19,22H2,1-2H3,(H,32,38)/t29-/m0/s1. The summed E-state index contributed by atoms with van der Waals surface area (Å²) in [7, 11) is 0. The first-order chi connectivity index (χ1) is 18.6. The van der Waals surface area contributed by atoms with E-state index in [0.717, 1.165) is 53.7 Å². The minimum Gasteiger partial charge on any atom is -0.322 e. The highest BCUT2D eigenvalue weighted by Gasteiger charge is 2.25. The number of aromatic nitrogens is 5. The Kier molecular flexibility index (Phi) is 8.04. The first kappa shape index (κ1) is 25.5. The number of aromatic amines is 1. The number of tetrazole rings is 1. The number of benzene rings is 3. The van der Waals surface area contributed by atoms with Crippen LogP contribution in [0.25, 0.3) is 10.9 Å². The zero-order valence-corrected chi connectivity index (χ0v) is 22.0. The second-order valence-corrected chi connectivity index (χ2v) is 9.84. The largest absolute Gasteiger partial charge is 0.322 e. The SMILES string of the molecule is CC[C@@H](c1nnnn1CCc1ccccc1)N(CCc1ccccc1)Cc1cc2ccc(C)cc2[nH]c1=O. The number of pyridine rings is 1. The van der Waals surface area contributed by atoms with Gasteiger partial charge in [-0.15, -0.1) is 5.10 Å². The summed E-state index contributed by atoms with van der Waals surface area (Å²) in [6, 6.07) is 29.0. The van der Waals surface area contributed by atoms with Gasteiger partial charge in [-0.3, -0.25) is 9.69 Å². The van der Waals surface area contributed by atoms with E-state index < -0.39 is 0 Å². The van der Waals surface area contributed by atoms with E-state index in [2.05, 4.69) is 93.0 Å². The van der Waals surface area contributed by atoms with Crippen LogP contribution in [-0.4, -0.2) is 36.6 Å². The number of fused-ring (bicyclic) bond motifs is 1. The summed E-state index contributed by atoms with van der Waals surface area (Å²) < 4.78 is 1.92. The molecule has 0 fully saturated rings. The molecule has 0 saturated carbocycles. The van der Waals surface area contributed by atoms with Crippen LogP contribution >= 0.6 is 0 Å². The smallest absolute Gasteiger partial charge is 0.252 e. The van der Waals surface area contributed by atoms with Crippen molar-refractivity contribution in [1.29, 1.82) is 0 Å². The fourth-order valence-electron chi connectivity index (χ4n) is 5.05. The van der Waals surface area contributed by atoms with Crippen molar-refractivity contribution in [2.24, 2.45) is 0 Å². The van der Waals surface area contributed by atoms with Crippen LogP contribution in [0.5, 0.6) is 0 Å². The quantitative estimate of drug-likeness (QED) is 0.264. The van der Waals surface area contributed by atoms with E-state index in [1.165, 1.54) is 11.1 Å². The lowest BCUT2D eigenvalue weighted by molar-refractivity contribution is 0.171. The minimum atomic E-state index is -0.0497. The van der Waals surface area contributed by atoms with Crippen molar-refractivity contribution in [2.75, 3.05) is 6.54 Å². The van der Waals surface area contributed by atoms with Crippen LogP contribution in [-0.2, 0) is 25.9 Å². The molecule has 38 heavy (non-hydrogen) atoms. The highest BCUT2D eigenvalue weighted by molar-refractivity contribution is 5.79. The summed E-state index contributed by atoms with van der Waals surface area (Å²) in [5, 5.41) is 13.9. The lowest BCUT2D eigenvalue weighted by atomic mass is 10.1. The van der Waals surface area contributed by atoms with Gasteiger partial charge in [0, 0.05) is 30.7 Å². The maximum Gasteiger partial charge on any atom is 0.252 e. The third kappa shape index (κ3) is 6.06. The molecule has 5 aromatic rings. The molecule has 0 aliphatic heterocycles. The fraction of sp³-hybridized carbons (Fsp3) is 0.290. The van der Waals surface area contributed by atoms with Crippen LogP contribution in [0.2, 0.25) is 0 Å². The van der Waals surface area contributed by atoms with Gasteiger partial charge in [0.2, 0.25) is 0 Å². The molecule has 2 heterocycles. The number of hydrogen-bond acceptors (Lipinski definition) is 5. The van der Waals surface area contributed by atoms with Crippen LogP contribution in [0.3, 0.4) is 0 Å². The maximum atomic E-state index is 13.2. The zero-order chi connectivity index (χ0) is 26.3. The van der Waals surface area contributed by atoms with E-state index in [4.69, 9.17) is 0 Å². The first-order valence-corrected chi connectivity index (χ1v) is 13.3. The molecular weight excluding hydrogens is 472 g/mol. The van der Waals surface area contributed by atoms with Gasteiger partial charge in [0.05, 0.1) is 6.04 Å². The van der Waals surface area contributed by atoms with Gasteiger partial charge in [0.1, 0.15) is 0 Å². The van der Waals surface area contributed by atoms with E-state index >= 15 is 0 Å². The Morgan fingerprint density at radius 1 is 0.921 bits per heavy atom. The van der Waals surface area contributed by atoms with E-state index in [0.29, 0.717) is 13.1 Å². The number of aryl methyl sites for hydroxylation is 3. The third-order valence-electron chi connectivity index (χ3n) is 7.12. The number of nitrogens with one attached hydrogen (secondary N) is 1. The van der Waals surface area contributed by atoms with Gasteiger partial charge in [-0.25, -0.2) is 4.68 Å². The number of H-pyrrole nitrogens is 1. The molecular formula is C31H34N6O. The Morgan fingerprint density at radius 3 is 2.34 bits per heavy atom. The number of hydrogen-bond donors (Lipinski definition) is 1. The van der Waals surface area contributed by atoms with Crippen LogP contribution in [0.4, 0.5) is 0 Å². The second kappa shape index (κ2) is 12.0. The molecule has 1 N–H and O–H groups in total. The minimum absolute atomic E-state index is 0.0300. The Balaban J connectivity index is 1.44. The Morgan fingerprint density at radius 2 is 1.63 bits per heavy atom. The van der Waals surface area contributed by atoms with Crippen molar-refractivity contribution in [3.8, 4) is 0 Å². The van der Waals surface area contributed by atoms with Gasteiger partial charge in [-0.1, -0.05) is 79.7 Å². The Bertz CT molecular complexity index is 1530. The van der Waals surface area contributed by atoms with Crippen LogP contribution < -0.4 is 5.56 Å². The molecule has 2 aromatic heterocycles. The summed E-state index contributed by atoms with van der Waals surface area (Å²) in [6.07, 6.45) is 2.54. The topological polar surface area (TPSA) is 79.7 Å². The molecule has 0 bridgehead atoms. The summed E-state index contributed by atoms with van der Waals surface area (Å²) in [5.74, 6) is 0.837. The molecule has 0 amide bonds. The predicted octanol–water partition coefficient (Wildman–Crippen LogP) is 5.26. The molecule has 1 atom stereocenters. The summed E-state index contributed by atoms with van der Waals surface area (Å²) in [5.41, 5.74) is 5.20. The van der Waals surface area contributed by atoms with Gasteiger partial charge >= 0.3 is 0 Å². The van der Waals surface area contributed by atoms with E-state index in [1.807, 2.05) is 35.9 Å². The average molecular weight is 507 g/mol. The first-order valence-electron chi connectivity index (χ1n) is 13.3. The van der Waals surface area contributed by atoms with Crippen molar-refractivity contribution in [2.45, 2.75) is 52.2 Å². The molecule has 0 aliphatic carbocycles. The molecule has 7 nitrogen and oxygen atoms in total. The van der Waals surface area contributed by atoms with Gasteiger partial charge in [-0.05, 0) is 70.8 Å². The molecule has 0 aliphatic rings. The fourth-order valence-corrected chi connectivity index (χ4v) is 5.05.